The van der Waals surface area contributed by atoms with Crippen LogP contribution in [-0.4, -0.2) is 0 Å². The van der Waals surface area contributed by atoms with E-state index < -0.39 is 0 Å². The molecule has 0 N–H and O–H groups in total. The van der Waals surface area contributed by atoms with E-state index in [0.29, 0.717) is 0 Å². The normalized spacial score (nSPS) is 11.3. The van der Waals surface area contributed by atoms with Gasteiger partial charge in [-0.15, -0.1) is 0 Å². The van der Waals surface area contributed by atoms with Crippen molar-refractivity contribution < 1.29 is 0 Å². The largest absolute Gasteiger partial charge is 0.311 e. The first-order valence-electron chi connectivity index (χ1n) is 17.9. The summed E-state index contributed by atoms with van der Waals surface area (Å²) in [6.07, 6.45) is 8.77. The van der Waals surface area contributed by atoms with Gasteiger partial charge in [-0.1, -0.05) is 150 Å². The minimum absolute atomic E-state index is 1.13. The van der Waals surface area contributed by atoms with Gasteiger partial charge in [-0.3, -0.25) is 0 Å². The highest BCUT2D eigenvalue weighted by molar-refractivity contribution is 5.86. The Morgan fingerprint density at radius 3 is 0.962 bits per heavy atom. The molecule has 52 heavy (non-hydrogen) atoms. The Balaban J connectivity index is 1.08. The van der Waals surface area contributed by atoms with Crippen molar-refractivity contribution in [2.24, 2.45) is 0 Å². The van der Waals surface area contributed by atoms with E-state index in [1.807, 2.05) is 0 Å². The van der Waals surface area contributed by atoms with Crippen LogP contribution in [0.4, 0.5) is 34.1 Å². The number of hydrogen-bond donors (Lipinski definition) is 0. The molecule has 0 radical (unpaired) electrons. The van der Waals surface area contributed by atoms with Crippen LogP contribution in [0.15, 0.2) is 170 Å². The SMILES string of the molecule is Cc1ccc(N(c2ccc(C)cc2)c2ccc(/C=C/c3ccc(/C=C\c4ccccc4N(c4ccc(C)cc4)c4ccc(C)cc4)cc3)cc2)cc1. The molecule has 7 aromatic carbocycles. The zero-order valence-corrected chi connectivity index (χ0v) is 30.4. The Hall–Kier alpha value is -6.38. The molecule has 0 aliphatic rings. The van der Waals surface area contributed by atoms with Gasteiger partial charge in [0, 0.05) is 28.4 Å². The minimum atomic E-state index is 1.13. The molecule has 0 heterocycles. The quantitative estimate of drug-likeness (QED) is 0.133. The van der Waals surface area contributed by atoms with Crippen molar-refractivity contribution in [3.63, 3.8) is 0 Å². The van der Waals surface area contributed by atoms with Crippen LogP contribution in [0.3, 0.4) is 0 Å². The van der Waals surface area contributed by atoms with Crippen LogP contribution in [0.2, 0.25) is 0 Å². The summed E-state index contributed by atoms with van der Waals surface area (Å²) in [7, 11) is 0. The van der Waals surface area contributed by atoms with Crippen LogP contribution < -0.4 is 9.80 Å². The van der Waals surface area contributed by atoms with Gasteiger partial charge in [0.2, 0.25) is 0 Å². The van der Waals surface area contributed by atoms with Crippen LogP contribution in [0.25, 0.3) is 24.3 Å². The van der Waals surface area contributed by atoms with Crippen LogP contribution >= 0.6 is 0 Å². The summed E-state index contributed by atoms with van der Waals surface area (Å²) in [5.74, 6) is 0. The number of aryl methyl sites for hydroxylation is 4. The number of benzene rings is 7. The van der Waals surface area contributed by atoms with Gasteiger partial charge < -0.3 is 9.80 Å². The van der Waals surface area contributed by atoms with Crippen LogP contribution in [0.5, 0.6) is 0 Å². The van der Waals surface area contributed by atoms with Crippen molar-refractivity contribution in [1.29, 1.82) is 0 Å². The van der Waals surface area contributed by atoms with E-state index in [9.17, 15) is 0 Å². The Kier molecular flexibility index (Phi) is 10.3. The fourth-order valence-electron chi connectivity index (χ4n) is 6.31. The lowest BCUT2D eigenvalue weighted by molar-refractivity contribution is 1.26. The topological polar surface area (TPSA) is 6.48 Å². The maximum absolute atomic E-state index is 2.33. The Labute approximate surface area is 309 Å². The summed E-state index contributed by atoms with van der Waals surface area (Å²) in [5.41, 5.74) is 16.4. The van der Waals surface area contributed by atoms with Crippen LogP contribution in [0.1, 0.15) is 44.5 Å². The molecule has 7 rings (SSSR count). The van der Waals surface area contributed by atoms with Crippen molar-refractivity contribution in [2.75, 3.05) is 9.80 Å². The average Bonchev–Trinajstić information content (AvgIpc) is 3.18. The van der Waals surface area contributed by atoms with Gasteiger partial charge in [-0.2, -0.15) is 0 Å². The van der Waals surface area contributed by atoms with Gasteiger partial charge in [0.05, 0.1) is 5.69 Å². The summed E-state index contributed by atoms with van der Waals surface area (Å²) in [6.45, 7) is 8.50. The molecular weight excluding hydrogens is 629 g/mol. The molecule has 2 heteroatoms. The average molecular weight is 673 g/mol. The van der Waals surface area contributed by atoms with Crippen molar-refractivity contribution in [2.45, 2.75) is 27.7 Å². The Morgan fingerprint density at radius 2 is 0.577 bits per heavy atom. The van der Waals surface area contributed by atoms with Gasteiger partial charge >= 0.3 is 0 Å². The molecule has 0 fully saturated rings. The zero-order chi connectivity index (χ0) is 35.9. The highest BCUT2D eigenvalue weighted by Gasteiger charge is 2.15. The van der Waals surface area contributed by atoms with Crippen LogP contribution in [-0.2, 0) is 0 Å². The molecule has 254 valence electrons. The number of rotatable bonds is 10. The number of para-hydroxylation sites is 1. The van der Waals surface area contributed by atoms with Gasteiger partial charge in [0.1, 0.15) is 0 Å². The second kappa shape index (κ2) is 15.7. The first-order chi connectivity index (χ1) is 25.4. The lowest BCUT2D eigenvalue weighted by Crippen LogP contribution is -2.11. The molecule has 2 nitrogen and oxygen atoms in total. The first kappa shape index (κ1) is 34.1. The number of hydrogen-bond acceptors (Lipinski definition) is 2. The van der Waals surface area contributed by atoms with E-state index in [0.717, 1.165) is 56.4 Å². The second-order valence-electron chi connectivity index (χ2n) is 13.5. The predicted molar refractivity (Wildman–Crippen MR) is 225 cm³/mol. The van der Waals surface area contributed by atoms with Crippen molar-refractivity contribution in [3.05, 3.63) is 214 Å². The number of nitrogens with zero attached hydrogens (tertiary/aromatic N) is 2. The van der Waals surface area contributed by atoms with E-state index >= 15 is 0 Å². The molecule has 0 atom stereocenters. The summed E-state index contributed by atoms with van der Waals surface area (Å²) >= 11 is 0. The van der Waals surface area contributed by atoms with Gasteiger partial charge in [0.15, 0.2) is 0 Å². The van der Waals surface area contributed by atoms with E-state index in [-0.39, 0.29) is 0 Å². The van der Waals surface area contributed by atoms with Gasteiger partial charge in [-0.05, 0) is 117 Å². The maximum Gasteiger partial charge on any atom is 0.0533 e. The molecule has 0 saturated heterocycles. The summed E-state index contributed by atoms with van der Waals surface area (Å²) < 4.78 is 0. The van der Waals surface area contributed by atoms with E-state index in [1.54, 1.807) is 0 Å². The molecule has 0 aliphatic carbocycles. The summed E-state index contributed by atoms with van der Waals surface area (Å²) in [6, 6.07) is 61.0. The van der Waals surface area contributed by atoms with E-state index in [2.05, 4.69) is 232 Å². The predicted octanol–water partition coefficient (Wildman–Crippen LogP) is 14.2. The highest BCUT2D eigenvalue weighted by Crippen LogP contribution is 2.38. The Morgan fingerprint density at radius 1 is 0.288 bits per heavy atom. The molecule has 0 aliphatic heterocycles. The lowest BCUT2D eigenvalue weighted by atomic mass is 10.1. The fourth-order valence-corrected chi connectivity index (χ4v) is 6.31. The summed E-state index contributed by atoms with van der Waals surface area (Å²) in [4.78, 5) is 4.64. The molecule has 0 bridgehead atoms. The fraction of sp³-hybridized carbons (Fsp3) is 0.0800. The lowest BCUT2D eigenvalue weighted by Gasteiger charge is -2.27. The third-order valence-corrected chi connectivity index (χ3v) is 9.36. The highest BCUT2D eigenvalue weighted by atomic mass is 15.1. The molecule has 0 unspecified atom stereocenters. The number of anilines is 6. The maximum atomic E-state index is 2.33. The standard InChI is InChI=1S/C50H44N2/c1-37-9-27-45(28-10-37)51(46-29-11-38(2)12-30-46)47-35-24-43(25-36-47)22-19-41-17-20-42(21-18-41)23-26-44-7-5-6-8-50(44)52(48-31-13-39(3)14-32-48)49-33-15-40(4)16-34-49/h5-36H,1-4H3/b22-19+,26-23-. The monoisotopic (exact) mass is 672 g/mol. The molecule has 0 amide bonds. The first-order valence-corrected chi connectivity index (χ1v) is 17.9. The van der Waals surface area contributed by atoms with E-state index in [1.165, 1.54) is 22.3 Å². The molecule has 0 spiro atoms. The zero-order valence-electron chi connectivity index (χ0n) is 30.4. The Bertz CT molecular complexity index is 2190. The smallest absolute Gasteiger partial charge is 0.0533 e. The minimum Gasteiger partial charge on any atom is -0.311 e. The van der Waals surface area contributed by atoms with Gasteiger partial charge in [0.25, 0.3) is 0 Å². The van der Waals surface area contributed by atoms with Crippen LogP contribution in [0, 0.1) is 27.7 Å². The van der Waals surface area contributed by atoms with Crippen molar-refractivity contribution >= 4 is 58.4 Å². The van der Waals surface area contributed by atoms with Crippen molar-refractivity contribution in [1.82, 2.24) is 0 Å². The molecule has 0 aromatic heterocycles. The van der Waals surface area contributed by atoms with E-state index in [4.69, 9.17) is 0 Å². The second-order valence-corrected chi connectivity index (χ2v) is 13.5. The van der Waals surface area contributed by atoms with Gasteiger partial charge in [-0.25, -0.2) is 0 Å². The third-order valence-electron chi connectivity index (χ3n) is 9.36. The summed E-state index contributed by atoms with van der Waals surface area (Å²) in [5, 5.41) is 0. The van der Waals surface area contributed by atoms with Crippen molar-refractivity contribution in [3.8, 4) is 0 Å². The molecular formula is C50H44N2. The third kappa shape index (κ3) is 8.15. The molecule has 7 aromatic rings. The molecule has 0 saturated carbocycles.